The summed E-state index contributed by atoms with van der Waals surface area (Å²) < 4.78 is 10.4. The van der Waals surface area contributed by atoms with E-state index in [2.05, 4.69) is 0 Å². The van der Waals surface area contributed by atoms with Gasteiger partial charge in [0, 0.05) is 13.0 Å². The van der Waals surface area contributed by atoms with Crippen LogP contribution in [0.2, 0.25) is 0 Å². The van der Waals surface area contributed by atoms with E-state index in [9.17, 15) is 4.79 Å². The van der Waals surface area contributed by atoms with Crippen LogP contribution in [0.1, 0.15) is 50.6 Å². The van der Waals surface area contributed by atoms with Gasteiger partial charge in [0.25, 0.3) is 0 Å². The zero-order valence-electron chi connectivity index (χ0n) is 12.6. The molecule has 0 heterocycles. The monoisotopic (exact) mass is 313 g/mol. The summed E-state index contributed by atoms with van der Waals surface area (Å²) in [6.45, 7) is 1.38. The lowest BCUT2D eigenvalue weighted by Crippen LogP contribution is -2.23. The number of halogens is 1. The van der Waals surface area contributed by atoms with Crippen LogP contribution < -0.4 is 15.2 Å². The normalized spacial score (nSPS) is 16.7. The highest BCUT2D eigenvalue weighted by molar-refractivity contribution is 5.85. The van der Waals surface area contributed by atoms with E-state index in [-0.39, 0.29) is 24.4 Å². The van der Waals surface area contributed by atoms with Crippen LogP contribution in [0.4, 0.5) is 0 Å². The van der Waals surface area contributed by atoms with Crippen molar-refractivity contribution in [2.75, 3.05) is 7.11 Å². The number of hydrogen-bond donors (Lipinski definition) is 1. The van der Waals surface area contributed by atoms with Crippen molar-refractivity contribution in [3.05, 3.63) is 23.8 Å². The molecule has 5 heteroatoms. The van der Waals surface area contributed by atoms with Gasteiger partial charge in [0.2, 0.25) is 0 Å². The first-order valence-corrected chi connectivity index (χ1v) is 7.23. The number of benzene rings is 1. The number of esters is 1. The zero-order chi connectivity index (χ0) is 14.5. The summed E-state index contributed by atoms with van der Waals surface area (Å²) in [5.74, 6) is 1.18. The molecule has 21 heavy (non-hydrogen) atoms. The Morgan fingerprint density at radius 1 is 1.24 bits per heavy atom. The maximum Gasteiger partial charge on any atom is 0.308 e. The minimum Gasteiger partial charge on any atom is -0.493 e. The molecule has 1 aromatic rings. The summed E-state index contributed by atoms with van der Waals surface area (Å²) in [5, 5.41) is 0. The molecule has 1 saturated carbocycles. The van der Waals surface area contributed by atoms with Gasteiger partial charge in [-0.25, -0.2) is 0 Å². The number of carbonyl (C=O) groups is 1. The molecule has 118 valence electrons. The van der Waals surface area contributed by atoms with E-state index >= 15 is 0 Å². The molecule has 2 N–H and O–H groups in total. The van der Waals surface area contributed by atoms with Gasteiger partial charge in [0.05, 0.1) is 7.11 Å². The van der Waals surface area contributed by atoms with Crippen molar-refractivity contribution in [3.8, 4) is 11.5 Å². The zero-order valence-corrected chi connectivity index (χ0v) is 13.4. The van der Waals surface area contributed by atoms with E-state index in [1.807, 2.05) is 12.1 Å². The second-order valence-corrected chi connectivity index (χ2v) is 5.43. The topological polar surface area (TPSA) is 61.6 Å². The Bertz CT molecular complexity index is 473. The number of methoxy groups -OCH3 is 1. The lowest BCUT2D eigenvalue weighted by Gasteiger charge is -2.28. The van der Waals surface area contributed by atoms with Crippen LogP contribution in [0.5, 0.6) is 11.5 Å². The molecule has 1 aliphatic carbocycles. The fraction of sp³-hybridized carbons (Fsp3) is 0.562. The van der Waals surface area contributed by atoms with Crippen molar-refractivity contribution >= 4 is 18.4 Å². The van der Waals surface area contributed by atoms with Gasteiger partial charge >= 0.3 is 5.97 Å². The van der Waals surface area contributed by atoms with Crippen molar-refractivity contribution in [1.29, 1.82) is 0 Å². The average molecular weight is 314 g/mol. The first kappa shape index (κ1) is 17.8. The quantitative estimate of drug-likeness (QED) is 0.681. The highest BCUT2D eigenvalue weighted by Gasteiger charge is 2.23. The van der Waals surface area contributed by atoms with E-state index in [0.717, 1.165) is 5.56 Å². The number of carbonyl (C=O) groups excluding carboxylic acids is 1. The fourth-order valence-electron chi connectivity index (χ4n) is 2.90. The molecule has 1 aliphatic rings. The first-order chi connectivity index (χ1) is 9.61. The molecule has 0 bridgehead atoms. The number of hydrogen-bond acceptors (Lipinski definition) is 4. The standard InChI is InChI=1S/C16H23NO3.ClH/c1-11(18)20-14-9-8-13(10-15(14)19-2)16(17)12-6-4-3-5-7-12;/h8-10,12,16H,3-7,17H2,1-2H3;1H/t16-;/m0./s1. The molecule has 0 aliphatic heterocycles. The fourth-order valence-corrected chi connectivity index (χ4v) is 2.90. The third-order valence-corrected chi connectivity index (χ3v) is 3.98. The van der Waals surface area contributed by atoms with E-state index in [4.69, 9.17) is 15.2 Å². The molecule has 1 atom stereocenters. The number of ether oxygens (including phenoxy) is 2. The largest absolute Gasteiger partial charge is 0.493 e. The number of nitrogens with two attached hydrogens (primary N) is 1. The van der Waals surface area contributed by atoms with Crippen LogP contribution in [0, 0.1) is 5.92 Å². The van der Waals surface area contributed by atoms with Crippen molar-refractivity contribution in [2.24, 2.45) is 11.7 Å². The molecule has 0 spiro atoms. The van der Waals surface area contributed by atoms with E-state index in [1.54, 1.807) is 13.2 Å². The van der Waals surface area contributed by atoms with Crippen LogP contribution in [0.25, 0.3) is 0 Å². The molecular formula is C16H24ClNO3. The lowest BCUT2D eigenvalue weighted by molar-refractivity contribution is -0.132. The molecule has 0 radical (unpaired) electrons. The molecule has 0 unspecified atom stereocenters. The van der Waals surface area contributed by atoms with Crippen LogP contribution >= 0.6 is 12.4 Å². The molecule has 4 nitrogen and oxygen atoms in total. The van der Waals surface area contributed by atoms with Crippen LogP contribution in [-0.2, 0) is 4.79 Å². The Balaban J connectivity index is 0.00000220. The molecule has 2 rings (SSSR count). The summed E-state index contributed by atoms with van der Waals surface area (Å²) in [7, 11) is 1.57. The van der Waals surface area contributed by atoms with Gasteiger partial charge in [-0.05, 0) is 36.5 Å². The summed E-state index contributed by atoms with van der Waals surface area (Å²) in [5.41, 5.74) is 7.43. The molecule has 1 aromatic carbocycles. The van der Waals surface area contributed by atoms with E-state index in [1.165, 1.54) is 39.0 Å². The maximum absolute atomic E-state index is 11.0. The third-order valence-electron chi connectivity index (χ3n) is 3.98. The van der Waals surface area contributed by atoms with Crippen molar-refractivity contribution in [3.63, 3.8) is 0 Å². The second-order valence-electron chi connectivity index (χ2n) is 5.43. The Morgan fingerprint density at radius 3 is 2.48 bits per heavy atom. The van der Waals surface area contributed by atoms with Gasteiger partial charge in [-0.2, -0.15) is 0 Å². The highest BCUT2D eigenvalue weighted by atomic mass is 35.5. The predicted molar refractivity (Wildman–Crippen MR) is 85.1 cm³/mol. The number of rotatable bonds is 4. The Kier molecular flexibility index (Phi) is 6.99. The third kappa shape index (κ3) is 4.61. The van der Waals surface area contributed by atoms with E-state index in [0.29, 0.717) is 17.4 Å². The molecule has 0 amide bonds. The SMILES string of the molecule is COc1cc([C@@H](N)C2CCCCC2)ccc1OC(C)=O.Cl. The summed E-state index contributed by atoms with van der Waals surface area (Å²) in [4.78, 5) is 11.0. The van der Waals surface area contributed by atoms with Crippen LogP contribution in [-0.4, -0.2) is 13.1 Å². The molecule has 0 saturated heterocycles. The van der Waals surface area contributed by atoms with E-state index < -0.39 is 0 Å². The van der Waals surface area contributed by atoms with Crippen LogP contribution in [0.15, 0.2) is 18.2 Å². The summed E-state index contributed by atoms with van der Waals surface area (Å²) in [6.07, 6.45) is 6.23. The second kappa shape index (κ2) is 8.25. The summed E-state index contributed by atoms with van der Waals surface area (Å²) in [6, 6.07) is 5.60. The Hall–Kier alpha value is -1.26. The Morgan fingerprint density at radius 2 is 1.90 bits per heavy atom. The summed E-state index contributed by atoms with van der Waals surface area (Å²) >= 11 is 0. The van der Waals surface area contributed by atoms with Gasteiger partial charge in [0.1, 0.15) is 0 Å². The van der Waals surface area contributed by atoms with Gasteiger partial charge in [-0.1, -0.05) is 25.3 Å². The van der Waals surface area contributed by atoms with Crippen molar-refractivity contribution < 1.29 is 14.3 Å². The highest BCUT2D eigenvalue weighted by Crippen LogP contribution is 2.36. The van der Waals surface area contributed by atoms with Gasteiger partial charge in [-0.15, -0.1) is 12.4 Å². The van der Waals surface area contributed by atoms with Crippen molar-refractivity contribution in [2.45, 2.75) is 45.1 Å². The molecule has 1 fully saturated rings. The van der Waals surface area contributed by atoms with Crippen LogP contribution in [0.3, 0.4) is 0 Å². The minimum absolute atomic E-state index is 0. The van der Waals surface area contributed by atoms with Gasteiger partial charge < -0.3 is 15.2 Å². The van der Waals surface area contributed by atoms with Gasteiger partial charge in [-0.3, -0.25) is 4.79 Å². The molecule has 0 aromatic heterocycles. The minimum atomic E-state index is -0.354. The smallest absolute Gasteiger partial charge is 0.308 e. The maximum atomic E-state index is 11.0. The Labute approximate surface area is 132 Å². The first-order valence-electron chi connectivity index (χ1n) is 7.23. The van der Waals surface area contributed by atoms with Crippen molar-refractivity contribution in [1.82, 2.24) is 0 Å². The predicted octanol–water partition coefficient (Wildman–Crippen LogP) is 3.62. The molecular weight excluding hydrogens is 290 g/mol. The average Bonchev–Trinajstić information content (AvgIpc) is 2.47. The van der Waals surface area contributed by atoms with Gasteiger partial charge in [0.15, 0.2) is 11.5 Å². The lowest BCUT2D eigenvalue weighted by atomic mass is 9.81.